The van der Waals surface area contributed by atoms with E-state index >= 15 is 0 Å². The van der Waals surface area contributed by atoms with Crippen LogP contribution >= 0.6 is 15.9 Å². The van der Waals surface area contributed by atoms with E-state index in [9.17, 15) is 5.11 Å². The van der Waals surface area contributed by atoms with Crippen LogP contribution in [0.1, 0.15) is 23.1 Å². The summed E-state index contributed by atoms with van der Waals surface area (Å²) in [5, 5.41) is 18.7. The monoisotopic (exact) mass is 256 g/mol. The zero-order chi connectivity index (χ0) is 10.1. The second-order valence-electron chi connectivity index (χ2n) is 3.66. The SMILES string of the molecule is OCCc1cc2c(c(Br)c1O)CCC2. The highest BCUT2D eigenvalue weighted by Crippen LogP contribution is 2.38. The van der Waals surface area contributed by atoms with Crippen molar-refractivity contribution in [3.63, 3.8) is 0 Å². The Morgan fingerprint density at radius 2 is 2.14 bits per heavy atom. The number of aliphatic hydroxyl groups is 1. The lowest BCUT2D eigenvalue weighted by Gasteiger charge is -2.10. The van der Waals surface area contributed by atoms with Crippen molar-refractivity contribution in [2.75, 3.05) is 6.61 Å². The maximum absolute atomic E-state index is 9.83. The molecule has 0 amide bonds. The van der Waals surface area contributed by atoms with Crippen molar-refractivity contribution in [1.82, 2.24) is 0 Å². The second kappa shape index (κ2) is 3.91. The highest BCUT2D eigenvalue weighted by Gasteiger charge is 2.19. The summed E-state index contributed by atoms with van der Waals surface area (Å²) in [6.07, 6.45) is 3.82. The van der Waals surface area contributed by atoms with E-state index in [-0.39, 0.29) is 6.61 Å². The zero-order valence-electron chi connectivity index (χ0n) is 7.89. The van der Waals surface area contributed by atoms with Crippen molar-refractivity contribution in [2.24, 2.45) is 0 Å². The van der Waals surface area contributed by atoms with Crippen molar-refractivity contribution in [3.05, 3.63) is 27.2 Å². The van der Waals surface area contributed by atoms with E-state index in [0.717, 1.165) is 29.3 Å². The number of fused-ring (bicyclic) bond motifs is 1. The largest absolute Gasteiger partial charge is 0.506 e. The fourth-order valence-corrected chi connectivity index (χ4v) is 2.76. The van der Waals surface area contributed by atoms with Crippen LogP contribution in [0.5, 0.6) is 5.75 Å². The first-order valence-electron chi connectivity index (χ1n) is 4.87. The molecule has 0 saturated heterocycles. The average Bonchev–Trinajstić information content (AvgIpc) is 2.62. The van der Waals surface area contributed by atoms with Crippen LogP contribution in [-0.4, -0.2) is 16.8 Å². The second-order valence-corrected chi connectivity index (χ2v) is 4.46. The molecule has 1 aliphatic carbocycles. The molecule has 0 heterocycles. The van der Waals surface area contributed by atoms with Crippen LogP contribution < -0.4 is 0 Å². The molecule has 0 bridgehead atoms. The van der Waals surface area contributed by atoms with Crippen LogP contribution in [0.2, 0.25) is 0 Å². The van der Waals surface area contributed by atoms with E-state index < -0.39 is 0 Å². The van der Waals surface area contributed by atoms with Gasteiger partial charge in [-0.3, -0.25) is 0 Å². The maximum atomic E-state index is 9.83. The van der Waals surface area contributed by atoms with Gasteiger partial charge < -0.3 is 10.2 Å². The standard InChI is InChI=1S/C11H13BrO2/c12-10-9-3-1-2-7(9)6-8(4-5-13)11(10)14/h6,13-14H,1-5H2. The molecule has 1 aromatic carbocycles. The van der Waals surface area contributed by atoms with Gasteiger partial charge in [0.2, 0.25) is 0 Å². The highest BCUT2D eigenvalue weighted by molar-refractivity contribution is 9.10. The number of halogens is 1. The number of aromatic hydroxyl groups is 1. The molecule has 0 radical (unpaired) electrons. The smallest absolute Gasteiger partial charge is 0.133 e. The summed E-state index contributed by atoms with van der Waals surface area (Å²) in [6, 6.07) is 2.03. The molecule has 0 saturated carbocycles. The van der Waals surface area contributed by atoms with Gasteiger partial charge >= 0.3 is 0 Å². The molecule has 1 aliphatic rings. The minimum Gasteiger partial charge on any atom is -0.506 e. The Bertz CT molecular complexity index is 361. The van der Waals surface area contributed by atoms with E-state index in [1.54, 1.807) is 0 Å². The summed E-state index contributed by atoms with van der Waals surface area (Å²) in [5.74, 6) is 0.305. The zero-order valence-corrected chi connectivity index (χ0v) is 9.47. The van der Waals surface area contributed by atoms with E-state index in [4.69, 9.17) is 5.11 Å². The molecule has 2 N–H and O–H groups in total. The molecule has 0 atom stereocenters. The molecule has 76 valence electrons. The molecule has 0 aliphatic heterocycles. The van der Waals surface area contributed by atoms with E-state index in [1.165, 1.54) is 11.1 Å². The summed E-state index contributed by atoms with van der Waals surface area (Å²) >= 11 is 3.42. The Morgan fingerprint density at radius 3 is 2.86 bits per heavy atom. The van der Waals surface area contributed by atoms with Crippen molar-refractivity contribution in [2.45, 2.75) is 25.7 Å². The van der Waals surface area contributed by atoms with Gasteiger partial charge in [0, 0.05) is 6.61 Å². The number of aryl methyl sites for hydroxylation is 1. The number of hydrogen-bond acceptors (Lipinski definition) is 2. The first-order chi connectivity index (χ1) is 6.74. The predicted octanol–water partition coefficient (Wildman–Crippen LogP) is 2.18. The molecule has 0 unspecified atom stereocenters. The lowest BCUT2D eigenvalue weighted by molar-refractivity contribution is 0.297. The fraction of sp³-hybridized carbons (Fsp3) is 0.455. The molecule has 2 rings (SSSR count). The Labute approximate surface area is 91.7 Å². The van der Waals surface area contributed by atoms with Crippen molar-refractivity contribution < 1.29 is 10.2 Å². The number of hydrogen-bond donors (Lipinski definition) is 2. The van der Waals surface area contributed by atoms with Crippen molar-refractivity contribution in [3.8, 4) is 5.75 Å². The summed E-state index contributed by atoms with van der Waals surface area (Å²) in [5.41, 5.74) is 3.40. The van der Waals surface area contributed by atoms with Gasteiger partial charge in [0.15, 0.2) is 0 Å². The summed E-state index contributed by atoms with van der Waals surface area (Å²) < 4.78 is 0.830. The molecule has 0 fully saturated rings. The third-order valence-corrected chi connectivity index (χ3v) is 3.62. The molecule has 0 aromatic heterocycles. The van der Waals surface area contributed by atoms with Crippen molar-refractivity contribution in [1.29, 1.82) is 0 Å². The highest BCUT2D eigenvalue weighted by atomic mass is 79.9. The van der Waals surface area contributed by atoms with Crippen LogP contribution in [0.3, 0.4) is 0 Å². The Kier molecular flexibility index (Phi) is 2.79. The van der Waals surface area contributed by atoms with E-state index in [1.807, 2.05) is 6.07 Å². The lowest BCUT2D eigenvalue weighted by atomic mass is 10.0. The fourth-order valence-electron chi connectivity index (χ4n) is 2.05. The molecule has 0 spiro atoms. The average molecular weight is 257 g/mol. The van der Waals surface area contributed by atoms with Gasteiger partial charge in [-0.1, -0.05) is 6.07 Å². The number of aliphatic hydroxyl groups excluding tert-OH is 1. The maximum Gasteiger partial charge on any atom is 0.133 e. The molecule has 14 heavy (non-hydrogen) atoms. The number of phenols is 1. The summed E-state index contributed by atoms with van der Waals surface area (Å²) in [6.45, 7) is 0.0821. The lowest BCUT2D eigenvalue weighted by Crippen LogP contribution is -1.95. The van der Waals surface area contributed by atoms with Gasteiger partial charge in [-0.15, -0.1) is 0 Å². The van der Waals surface area contributed by atoms with Gasteiger partial charge in [0.05, 0.1) is 4.47 Å². The number of benzene rings is 1. The van der Waals surface area contributed by atoms with Crippen molar-refractivity contribution >= 4 is 15.9 Å². The van der Waals surface area contributed by atoms with Crippen LogP contribution in [-0.2, 0) is 19.3 Å². The quantitative estimate of drug-likeness (QED) is 0.852. The third kappa shape index (κ3) is 1.55. The Hall–Kier alpha value is -0.540. The molecular formula is C11H13BrO2. The minimum atomic E-state index is 0.0821. The van der Waals surface area contributed by atoms with E-state index in [2.05, 4.69) is 15.9 Å². The third-order valence-electron chi connectivity index (χ3n) is 2.77. The van der Waals surface area contributed by atoms with Gasteiger partial charge in [-0.2, -0.15) is 0 Å². The number of phenolic OH excluding ortho intramolecular Hbond substituents is 1. The number of rotatable bonds is 2. The van der Waals surface area contributed by atoms with Crippen LogP contribution in [0.25, 0.3) is 0 Å². The summed E-state index contributed by atoms with van der Waals surface area (Å²) in [4.78, 5) is 0. The molecule has 1 aromatic rings. The first kappa shape index (κ1) is 9.99. The normalized spacial score (nSPS) is 14.4. The Balaban J connectivity index is 2.49. The van der Waals surface area contributed by atoms with Crippen LogP contribution in [0.15, 0.2) is 10.5 Å². The van der Waals surface area contributed by atoms with E-state index in [0.29, 0.717) is 12.2 Å². The summed E-state index contributed by atoms with van der Waals surface area (Å²) in [7, 11) is 0. The van der Waals surface area contributed by atoms with Gasteiger partial charge in [-0.05, 0) is 58.3 Å². The van der Waals surface area contributed by atoms with Gasteiger partial charge in [0.25, 0.3) is 0 Å². The minimum absolute atomic E-state index is 0.0821. The van der Waals surface area contributed by atoms with Gasteiger partial charge in [-0.25, -0.2) is 0 Å². The molecule has 2 nitrogen and oxygen atoms in total. The first-order valence-corrected chi connectivity index (χ1v) is 5.66. The Morgan fingerprint density at radius 1 is 1.36 bits per heavy atom. The molecule has 3 heteroatoms. The van der Waals surface area contributed by atoms with Gasteiger partial charge in [0.1, 0.15) is 5.75 Å². The predicted molar refractivity (Wildman–Crippen MR) is 58.6 cm³/mol. The van der Waals surface area contributed by atoms with Crippen LogP contribution in [0.4, 0.5) is 0 Å². The molecular weight excluding hydrogens is 244 g/mol. The topological polar surface area (TPSA) is 40.5 Å². The van der Waals surface area contributed by atoms with Crippen LogP contribution in [0, 0.1) is 0 Å².